The molecule has 37 heavy (non-hydrogen) atoms. The standard InChI is InChI=1S/C27H26N2O.C2HF3O2/c1-2-8-26(9-3-1)30-27-14-12-25(13-15-27)29(20-22-17-28-18-22)19-21-10-11-23-6-4-5-7-24(23)16-21;3-2(4,5)1(6)7/h1-16,22,28H,17-20H2;(H,6,7). The van der Waals surface area contributed by atoms with Crippen LogP contribution < -0.4 is 15.0 Å². The van der Waals surface area contributed by atoms with Crippen LogP contribution in [0.5, 0.6) is 11.5 Å². The number of alkyl halides is 3. The fourth-order valence-corrected chi connectivity index (χ4v) is 3.96. The third kappa shape index (κ3) is 7.47. The van der Waals surface area contributed by atoms with Crippen molar-refractivity contribution in [2.24, 2.45) is 5.92 Å². The normalized spacial score (nSPS) is 13.3. The quantitative estimate of drug-likeness (QED) is 0.299. The van der Waals surface area contributed by atoms with E-state index < -0.39 is 12.1 Å². The Morgan fingerprint density at radius 3 is 2.05 bits per heavy atom. The van der Waals surface area contributed by atoms with Gasteiger partial charge in [-0.2, -0.15) is 13.2 Å². The van der Waals surface area contributed by atoms with Crippen LogP contribution in [0.1, 0.15) is 5.56 Å². The Bertz CT molecular complexity index is 1310. The molecule has 192 valence electrons. The lowest BCUT2D eigenvalue weighted by Crippen LogP contribution is -2.48. The molecule has 0 atom stereocenters. The largest absolute Gasteiger partial charge is 0.490 e. The second-order valence-corrected chi connectivity index (χ2v) is 8.80. The highest BCUT2D eigenvalue weighted by Crippen LogP contribution is 2.27. The summed E-state index contributed by atoms with van der Waals surface area (Å²) in [6.07, 6.45) is -5.08. The SMILES string of the molecule is O=C(O)C(F)(F)F.c1ccc(Oc2ccc(N(Cc3ccc4ccccc4c3)CC3CNC3)cc2)cc1. The first-order valence-corrected chi connectivity index (χ1v) is 11.8. The van der Waals surface area contributed by atoms with Gasteiger partial charge in [0.25, 0.3) is 0 Å². The summed E-state index contributed by atoms with van der Waals surface area (Å²) in [7, 11) is 0. The summed E-state index contributed by atoms with van der Waals surface area (Å²) < 4.78 is 37.7. The highest BCUT2D eigenvalue weighted by molar-refractivity contribution is 5.83. The molecule has 0 unspecified atom stereocenters. The van der Waals surface area contributed by atoms with Crippen molar-refractivity contribution < 1.29 is 27.8 Å². The number of halogens is 3. The van der Waals surface area contributed by atoms with Gasteiger partial charge in [0, 0.05) is 37.8 Å². The number of carboxylic acid groups (broad SMARTS) is 1. The predicted molar refractivity (Wildman–Crippen MR) is 138 cm³/mol. The third-order valence-corrected chi connectivity index (χ3v) is 5.96. The molecule has 1 saturated heterocycles. The summed E-state index contributed by atoms with van der Waals surface area (Å²) in [5.41, 5.74) is 2.57. The van der Waals surface area contributed by atoms with Crippen LogP contribution in [-0.4, -0.2) is 36.9 Å². The van der Waals surface area contributed by atoms with Crippen molar-refractivity contribution in [2.45, 2.75) is 12.7 Å². The van der Waals surface area contributed by atoms with Gasteiger partial charge in [-0.05, 0) is 58.8 Å². The van der Waals surface area contributed by atoms with Crippen molar-refractivity contribution in [3.05, 3.63) is 103 Å². The summed E-state index contributed by atoms with van der Waals surface area (Å²) in [5.74, 6) is -0.335. The number of ether oxygens (including phenoxy) is 1. The zero-order valence-electron chi connectivity index (χ0n) is 20.0. The monoisotopic (exact) mass is 508 g/mol. The maximum absolute atomic E-state index is 10.6. The third-order valence-electron chi connectivity index (χ3n) is 5.96. The second kappa shape index (κ2) is 11.8. The Hall–Kier alpha value is -4.04. The molecular formula is C29H27F3N2O3. The van der Waals surface area contributed by atoms with E-state index in [2.05, 4.69) is 76.9 Å². The zero-order valence-corrected chi connectivity index (χ0v) is 20.0. The minimum atomic E-state index is -5.08. The molecule has 1 aliphatic rings. The van der Waals surface area contributed by atoms with Gasteiger partial charge in [0.05, 0.1) is 0 Å². The maximum Gasteiger partial charge on any atom is 0.490 e. The molecule has 5 rings (SSSR count). The van der Waals surface area contributed by atoms with Crippen molar-refractivity contribution >= 4 is 22.4 Å². The van der Waals surface area contributed by atoms with E-state index in [1.807, 2.05) is 30.3 Å². The average Bonchev–Trinajstić information content (AvgIpc) is 2.86. The fraction of sp³-hybridized carbons (Fsp3) is 0.207. The van der Waals surface area contributed by atoms with Crippen LogP contribution in [0.15, 0.2) is 97.1 Å². The van der Waals surface area contributed by atoms with E-state index >= 15 is 0 Å². The van der Waals surface area contributed by atoms with E-state index in [1.165, 1.54) is 22.0 Å². The first-order valence-electron chi connectivity index (χ1n) is 11.8. The topological polar surface area (TPSA) is 61.8 Å². The van der Waals surface area contributed by atoms with Gasteiger partial charge >= 0.3 is 12.1 Å². The predicted octanol–water partition coefficient (Wildman–Crippen LogP) is 6.49. The number of aliphatic carboxylic acids is 1. The summed E-state index contributed by atoms with van der Waals surface area (Å²) in [4.78, 5) is 11.4. The van der Waals surface area contributed by atoms with Gasteiger partial charge in [0.15, 0.2) is 0 Å². The Labute approximate surface area is 213 Å². The van der Waals surface area contributed by atoms with Crippen LogP contribution >= 0.6 is 0 Å². The number of carbonyl (C=O) groups is 1. The maximum atomic E-state index is 10.6. The van der Waals surface area contributed by atoms with E-state index in [9.17, 15) is 13.2 Å². The Balaban J connectivity index is 0.000000405. The van der Waals surface area contributed by atoms with Gasteiger partial charge < -0.3 is 20.1 Å². The number of hydrogen-bond donors (Lipinski definition) is 2. The average molecular weight is 509 g/mol. The number of anilines is 1. The van der Waals surface area contributed by atoms with Gasteiger partial charge in [0.2, 0.25) is 0 Å². The summed E-state index contributed by atoms with van der Waals surface area (Å²) in [6, 6.07) is 33.7. The first-order chi connectivity index (χ1) is 17.8. The molecule has 1 aliphatic heterocycles. The van der Waals surface area contributed by atoms with Crippen LogP contribution in [0.25, 0.3) is 10.8 Å². The van der Waals surface area contributed by atoms with E-state index in [0.29, 0.717) is 5.92 Å². The lowest BCUT2D eigenvalue weighted by molar-refractivity contribution is -0.192. The lowest BCUT2D eigenvalue weighted by Gasteiger charge is -2.34. The molecule has 0 aromatic heterocycles. The summed E-state index contributed by atoms with van der Waals surface area (Å²) in [6.45, 7) is 4.16. The van der Waals surface area contributed by atoms with Gasteiger partial charge in [-0.25, -0.2) is 4.79 Å². The van der Waals surface area contributed by atoms with Crippen molar-refractivity contribution in [1.29, 1.82) is 0 Å². The molecule has 0 spiro atoms. The van der Waals surface area contributed by atoms with E-state index in [0.717, 1.165) is 37.7 Å². The second-order valence-electron chi connectivity index (χ2n) is 8.80. The number of benzene rings is 4. The van der Waals surface area contributed by atoms with Crippen molar-refractivity contribution in [3.63, 3.8) is 0 Å². The van der Waals surface area contributed by atoms with Gasteiger partial charge in [-0.3, -0.25) is 0 Å². The molecule has 0 aliphatic carbocycles. The van der Waals surface area contributed by atoms with Crippen LogP contribution in [0.4, 0.5) is 18.9 Å². The van der Waals surface area contributed by atoms with Crippen molar-refractivity contribution in [3.8, 4) is 11.5 Å². The Morgan fingerprint density at radius 1 is 0.865 bits per heavy atom. The number of rotatable bonds is 7. The molecule has 4 aromatic rings. The minimum Gasteiger partial charge on any atom is -0.475 e. The van der Waals surface area contributed by atoms with Crippen LogP contribution in [0.3, 0.4) is 0 Å². The molecule has 0 amide bonds. The molecule has 1 heterocycles. The fourth-order valence-electron chi connectivity index (χ4n) is 3.96. The molecule has 0 saturated carbocycles. The molecule has 8 heteroatoms. The first kappa shape index (κ1) is 26.0. The molecule has 4 aromatic carbocycles. The highest BCUT2D eigenvalue weighted by atomic mass is 19.4. The number of carboxylic acids is 1. The Kier molecular flexibility index (Phi) is 8.30. The molecule has 0 bridgehead atoms. The molecular weight excluding hydrogens is 481 g/mol. The van der Waals surface area contributed by atoms with Gasteiger partial charge in [-0.1, -0.05) is 54.6 Å². The number of nitrogens with zero attached hydrogens (tertiary/aromatic N) is 1. The summed E-state index contributed by atoms with van der Waals surface area (Å²) >= 11 is 0. The number of fused-ring (bicyclic) bond motifs is 1. The Morgan fingerprint density at radius 2 is 1.46 bits per heavy atom. The van der Waals surface area contributed by atoms with Crippen molar-refractivity contribution in [1.82, 2.24) is 5.32 Å². The number of nitrogens with one attached hydrogen (secondary N) is 1. The number of hydrogen-bond acceptors (Lipinski definition) is 4. The van der Waals surface area contributed by atoms with E-state index in [-0.39, 0.29) is 0 Å². The zero-order chi connectivity index (χ0) is 26.3. The van der Waals surface area contributed by atoms with Crippen LogP contribution in [0, 0.1) is 5.92 Å². The van der Waals surface area contributed by atoms with Crippen molar-refractivity contribution in [2.75, 3.05) is 24.5 Å². The highest BCUT2D eigenvalue weighted by Gasteiger charge is 2.38. The van der Waals surface area contributed by atoms with Gasteiger partial charge in [0.1, 0.15) is 11.5 Å². The molecule has 2 N–H and O–H groups in total. The van der Waals surface area contributed by atoms with Crippen LogP contribution in [-0.2, 0) is 11.3 Å². The van der Waals surface area contributed by atoms with E-state index in [1.54, 1.807) is 0 Å². The molecule has 5 nitrogen and oxygen atoms in total. The minimum absolute atomic E-state index is 0.700. The summed E-state index contributed by atoms with van der Waals surface area (Å²) in [5, 5.41) is 13.1. The van der Waals surface area contributed by atoms with E-state index in [4.69, 9.17) is 14.6 Å². The number of para-hydroxylation sites is 1. The molecule has 1 fully saturated rings. The lowest BCUT2D eigenvalue weighted by atomic mass is 10.0. The van der Waals surface area contributed by atoms with Crippen LogP contribution in [0.2, 0.25) is 0 Å². The van der Waals surface area contributed by atoms with Gasteiger partial charge in [-0.15, -0.1) is 0 Å². The molecule has 0 radical (unpaired) electrons. The smallest absolute Gasteiger partial charge is 0.475 e.